The fraction of sp³-hybridized carbons (Fsp3) is 0.556. The summed E-state index contributed by atoms with van der Waals surface area (Å²) in [6.45, 7) is 1.09. The van der Waals surface area contributed by atoms with Crippen LogP contribution >= 0.6 is 11.8 Å². The van der Waals surface area contributed by atoms with Gasteiger partial charge in [-0.1, -0.05) is 0 Å². The van der Waals surface area contributed by atoms with Crippen LogP contribution in [-0.2, 0) is 10.0 Å². The molecule has 1 aliphatic rings. The molecule has 1 aromatic rings. The third kappa shape index (κ3) is 2.88. The minimum Gasteiger partial charge on any atom is -0.368 e. The van der Waals surface area contributed by atoms with Gasteiger partial charge in [0.25, 0.3) is 0 Å². The fourth-order valence-corrected chi connectivity index (χ4v) is 3.95. The van der Waals surface area contributed by atoms with Gasteiger partial charge in [-0.3, -0.25) is 0 Å². The molecule has 0 bridgehead atoms. The minimum atomic E-state index is -3.46. The summed E-state index contributed by atoms with van der Waals surface area (Å²) in [6, 6.07) is 0. The van der Waals surface area contributed by atoms with Crippen LogP contribution in [0.4, 0.5) is 5.95 Å². The van der Waals surface area contributed by atoms with Crippen LogP contribution in [0.3, 0.4) is 0 Å². The molecule has 2 heterocycles. The molecule has 0 spiro atoms. The van der Waals surface area contributed by atoms with Gasteiger partial charge < -0.3 is 5.73 Å². The van der Waals surface area contributed by atoms with Gasteiger partial charge in [0.2, 0.25) is 16.0 Å². The highest BCUT2D eigenvalue weighted by atomic mass is 32.2. The second kappa shape index (κ2) is 5.19. The molecule has 1 aromatic heterocycles. The van der Waals surface area contributed by atoms with Gasteiger partial charge in [-0.2, -0.15) is 16.1 Å². The Hall–Kier alpha value is -0.860. The molecule has 8 heteroatoms. The molecule has 1 aliphatic heterocycles. The highest BCUT2D eigenvalue weighted by Crippen LogP contribution is 2.18. The Balaban J connectivity index is 2.25. The summed E-state index contributed by atoms with van der Waals surface area (Å²) in [6.07, 6.45) is 3.39. The van der Waals surface area contributed by atoms with Gasteiger partial charge in [-0.25, -0.2) is 18.4 Å². The summed E-state index contributed by atoms with van der Waals surface area (Å²) in [5.41, 5.74) is 5.34. The molecule has 1 fully saturated rings. The molecule has 0 unspecified atom stereocenters. The molecule has 0 radical (unpaired) electrons. The van der Waals surface area contributed by atoms with Crippen molar-refractivity contribution in [1.29, 1.82) is 0 Å². The molecule has 0 amide bonds. The van der Waals surface area contributed by atoms with E-state index in [9.17, 15) is 8.42 Å². The van der Waals surface area contributed by atoms with Crippen LogP contribution in [0.5, 0.6) is 0 Å². The van der Waals surface area contributed by atoms with E-state index < -0.39 is 10.0 Å². The molecule has 94 valence electrons. The second-order valence-electron chi connectivity index (χ2n) is 3.65. The molecule has 1 saturated heterocycles. The van der Waals surface area contributed by atoms with Crippen LogP contribution in [-0.4, -0.2) is 47.3 Å². The quantitative estimate of drug-likeness (QED) is 0.828. The highest BCUT2D eigenvalue weighted by molar-refractivity contribution is 7.99. The monoisotopic (exact) mass is 274 g/mol. The minimum absolute atomic E-state index is 0.0790. The second-order valence-corrected chi connectivity index (χ2v) is 6.81. The third-order valence-corrected chi connectivity index (χ3v) is 5.37. The zero-order chi connectivity index (χ0) is 12.3. The van der Waals surface area contributed by atoms with E-state index in [4.69, 9.17) is 5.73 Å². The van der Waals surface area contributed by atoms with Crippen LogP contribution in [0.1, 0.15) is 6.42 Å². The van der Waals surface area contributed by atoms with E-state index in [2.05, 4.69) is 9.97 Å². The maximum atomic E-state index is 12.2. The molecule has 17 heavy (non-hydrogen) atoms. The van der Waals surface area contributed by atoms with E-state index >= 15 is 0 Å². The van der Waals surface area contributed by atoms with Crippen molar-refractivity contribution in [2.75, 3.05) is 30.3 Å². The van der Waals surface area contributed by atoms with Crippen LogP contribution in [0.25, 0.3) is 0 Å². The van der Waals surface area contributed by atoms with Gasteiger partial charge in [0, 0.05) is 18.8 Å². The van der Waals surface area contributed by atoms with Crippen molar-refractivity contribution in [3.63, 3.8) is 0 Å². The van der Waals surface area contributed by atoms with Crippen molar-refractivity contribution in [3.8, 4) is 0 Å². The Bertz CT molecular complexity index is 466. The van der Waals surface area contributed by atoms with E-state index in [-0.39, 0.29) is 10.8 Å². The maximum absolute atomic E-state index is 12.2. The highest BCUT2D eigenvalue weighted by Gasteiger charge is 2.25. The topological polar surface area (TPSA) is 89.2 Å². The fourth-order valence-electron chi connectivity index (χ4n) is 1.57. The number of rotatable bonds is 2. The normalized spacial score (nSPS) is 18.8. The number of nitrogen functional groups attached to an aromatic ring is 1. The Morgan fingerprint density at radius 1 is 1.24 bits per heavy atom. The van der Waals surface area contributed by atoms with E-state index in [0.717, 1.165) is 17.9 Å². The first kappa shape index (κ1) is 12.6. The maximum Gasteiger partial charge on any atom is 0.246 e. The van der Waals surface area contributed by atoms with Crippen molar-refractivity contribution in [1.82, 2.24) is 14.3 Å². The number of thioether (sulfide) groups is 1. The summed E-state index contributed by atoms with van der Waals surface area (Å²) >= 11 is 1.78. The van der Waals surface area contributed by atoms with Crippen molar-refractivity contribution < 1.29 is 8.42 Å². The largest absolute Gasteiger partial charge is 0.368 e. The molecule has 2 N–H and O–H groups in total. The third-order valence-electron chi connectivity index (χ3n) is 2.47. The van der Waals surface area contributed by atoms with Gasteiger partial charge >= 0.3 is 0 Å². The number of aromatic nitrogens is 2. The van der Waals surface area contributed by atoms with Crippen LogP contribution in [0, 0.1) is 0 Å². The van der Waals surface area contributed by atoms with Crippen molar-refractivity contribution >= 4 is 27.7 Å². The number of hydrogen-bond donors (Lipinski definition) is 1. The molecule has 0 aromatic carbocycles. The zero-order valence-electron chi connectivity index (χ0n) is 9.24. The average Bonchev–Trinajstić information content (AvgIpc) is 2.58. The molecular formula is C9H14N4O2S2. The van der Waals surface area contributed by atoms with E-state index in [1.165, 1.54) is 16.7 Å². The van der Waals surface area contributed by atoms with Crippen molar-refractivity contribution in [2.45, 2.75) is 11.3 Å². The molecule has 2 rings (SSSR count). The van der Waals surface area contributed by atoms with Gasteiger partial charge in [-0.05, 0) is 12.2 Å². The molecule has 0 atom stereocenters. The summed E-state index contributed by atoms with van der Waals surface area (Å²) in [5.74, 6) is 1.91. The lowest BCUT2D eigenvalue weighted by molar-refractivity contribution is 0.434. The first-order valence-corrected chi connectivity index (χ1v) is 7.85. The summed E-state index contributed by atoms with van der Waals surface area (Å²) in [5, 5.41) is 0. The van der Waals surface area contributed by atoms with E-state index in [1.807, 2.05) is 0 Å². The summed E-state index contributed by atoms with van der Waals surface area (Å²) < 4.78 is 26.0. The Morgan fingerprint density at radius 2 is 1.94 bits per heavy atom. The Labute approximate surface area is 105 Å². The smallest absolute Gasteiger partial charge is 0.246 e. The molecule has 0 saturated carbocycles. The van der Waals surface area contributed by atoms with Crippen LogP contribution in [0.15, 0.2) is 17.3 Å². The lowest BCUT2D eigenvalue weighted by atomic mass is 10.5. The van der Waals surface area contributed by atoms with Gasteiger partial charge in [0.05, 0.1) is 12.4 Å². The lowest BCUT2D eigenvalue weighted by Crippen LogP contribution is -2.33. The first-order chi connectivity index (χ1) is 8.10. The average molecular weight is 274 g/mol. The van der Waals surface area contributed by atoms with Crippen molar-refractivity contribution in [3.05, 3.63) is 12.4 Å². The summed E-state index contributed by atoms with van der Waals surface area (Å²) in [4.78, 5) is 7.55. The Kier molecular flexibility index (Phi) is 3.85. The standard InChI is InChI=1S/C9H14N4O2S2/c10-9-11-6-8(7-12-9)17(14,15)13-2-1-4-16-5-3-13/h6-7H,1-5H2,(H2,10,11,12). The Morgan fingerprint density at radius 3 is 2.65 bits per heavy atom. The van der Waals surface area contributed by atoms with E-state index in [1.54, 1.807) is 11.8 Å². The molecule has 0 aliphatic carbocycles. The number of hydrogen-bond acceptors (Lipinski definition) is 6. The number of sulfonamides is 1. The van der Waals surface area contributed by atoms with Crippen molar-refractivity contribution in [2.24, 2.45) is 0 Å². The number of anilines is 1. The lowest BCUT2D eigenvalue weighted by Gasteiger charge is -2.18. The van der Waals surface area contributed by atoms with E-state index in [0.29, 0.717) is 13.1 Å². The SMILES string of the molecule is Nc1ncc(S(=O)(=O)N2CCCSCC2)cn1. The van der Waals surface area contributed by atoms with Gasteiger partial charge in [0.15, 0.2) is 0 Å². The predicted octanol–water partition coefficient (Wildman–Crippen LogP) is 0.186. The molecular weight excluding hydrogens is 260 g/mol. The van der Waals surface area contributed by atoms with Gasteiger partial charge in [-0.15, -0.1) is 0 Å². The number of nitrogens with zero attached hydrogens (tertiary/aromatic N) is 3. The predicted molar refractivity (Wildman–Crippen MR) is 67.1 cm³/mol. The zero-order valence-corrected chi connectivity index (χ0v) is 10.9. The molecule has 6 nitrogen and oxygen atoms in total. The van der Waals surface area contributed by atoms with Crippen LogP contribution < -0.4 is 5.73 Å². The van der Waals surface area contributed by atoms with Gasteiger partial charge in [0.1, 0.15) is 4.90 Å². The number of nitrogens with two attached hydrogens (primary N) is 1. The van der Waals surface area contributed by atoms with Crippen LogP contribution in [0.2, 0.25) is 0 Å². The summed E-state index contributed by atoms with van der Waals surface area (Å²) in [7, 11) is -3.46. The first-order valence-electron chi connectivity index (χ1n) is 5.26.